The Morgan fingerprint density at radius 3 is 2.47 bits per heavy atom. The van der Waals surface area contributed by atoms with Gasteiger partial charge in [-0.2, -0.15) is 0 Å². The number of carbonyl (C=O) groups excluding carboxylic acids is 2. The molecule has 1 N–H and O–H groups in total. The summed E-state index contributed by atoms with van der Waals surface area (Å²) in [7, 11) is 1.32. The van der Waals surface area contributed by atoms with E-state index in [2.05, 4.69) is 10.1 Å². The topological polar surface area (TPSA) is 55.4 Å². The number of hydrogen-bond donors (Lipinski definition) is 1. The minimum atomic E-state index is -0.603. The van der Waals surface area contributed by atoms with Crippen LogP contribution in [0.4, 0.5) is 0 Å². The fraction of sp³-hybridized carbons (Fsp3) is 0.500. The lowest BCUT2D eigenvalue weighted by atomic mass is 10.0. The monoisotopic (exact) mass is 255 g/mol. The van der Waals surface area contributed by atoms with Gasteiger partial charge >= 0.3 is 5.97 Å². The van der Waals surface area contributed by atoms with Gasteiger partial charge in [-0.15, -0.1) is 11.3 Å². The minimum Gasteiger partial charge on any atom is -0.467 e. The van der Waals surface area contributed by atoms with E-state index < -0.39 is 12.0 Å². The third-order valence-corrected chi connectivity index (χ3v) is 3.49. The smallest absolute Gasteiger partial charge is 0.328 e. The highest BCUT2D eigenvalue weighted by Gasteiger charge is 2.26. The van der Waals surface area contributed by atoms with Crippen LogP contribution >= 0.6 is 11.3 Å². The van der Waals surface area contributed by atoms with Gasteiger partial charge < -0.3 is 10.1 Å². The molecule has 1 aromatic rings. The lowest BCUT2D eigenvalue weighted by Crippen LogP contribution is -2.44. The summed E-state index contributed by atoms with van der Waals surface area (Å²) in [5.41, 5.74) is 0.917. The highest BCUT2D eigenvalue weighted by Crippen LogP contribution is 2.16. The van der Waals surface area contributed by atoms with E-state index >= 15 is 0 Å². The van der Waals surface area contributed by atoms with Crippen molar-refractivity contribution in [2.45, 2.75) is 26.8 Å². The van der Waals surface area contributed by atoms with Gasteiger partial charge in [0.1, 0.15) is 6.04 Å². The second kappa shape index (κ2) is 5.82. The number of methoxy groups -OCH3 is 1. The van der Waals surface area contributed by atoms with E-state index in [1.165, 1.54) is 18.4 Å². The van der Waals surface area contributed by atoms with Gasteiger partial charge in [0.25, 0.3) is 5.91 Å². The molecule has 5 heteroatoms. The maximum atomic E-state index is 12.0. The number of carbonyl (C=O) groups is 2. The first-order valence-electron chi connectivity index (χ1n) is 5.40. The molecule has 0 aliphatic heterocycles. The summed E-state index contributed by atoms with van der Waals surface area (Å²) in [6, 6.07) is 1.27. The van der Waals surface area contributed by atoms with Crippen LogP contribution in [0.1, 0.15) is 29.1 Å². The zero-order valence-corrected chi connectivity index (χ0v) is 11.3. The van der Waals surface area contributed by atoms with Crippen molar-refractivity contribution in [3.63, 3.8) is 0 Å². The number of esters is 1. The summed E-state index contributed by atoms with van der Waals surface area (Å²) in [5, 5.41) is 4.56. The predicted octanol–water partition coefficient (Wildman–Crippen LogP) is 1.98. The number of ether oxygens (including phenoxy) is 1. The van der Waals surface area contributed by atoms with Crippen molar-refractivity contribution in [1.82, 2.24) is 5.32 Å². The van der Waals surface area contributed by atoms with Crippen LogP contribution in [0, 0.1) is 12.8 Å². The Bertz CT molecular complexity index is 412. The maximum absolute atomic E-state index is 12.0. The summed E-state index contributed by atoms with van der Waals surface area (Å²) < 4.78 is 4.67. The SMILES string of the molecule is COC(=O)C(NC(=O)c1sccc1C)C(C)C. The normalized spacial score (nSPS) is 12.3. The molecule has 0 aliphatic rings. The van der Waals surface area contributed by atoms with Crippen molar-refractivity contribution in [2.75, 3.05) is 7.11 Å². The fourth-order valence-corrected chi connectivity index (χ4v) is 2.27. The molecule has 0 radical (unpaired) electrons. The number of rotatable bonds is 4. The van der Waals surface area contributed by atoms with E-state index in [0.717, 1.165) is 5.56 Å². The first-order valence-corrected chi connectivity index (χ1v) is 6.28. The average molecular weight is 255 g/mol. The number of amides is 1. The number of aryl methyl sites for hydroxylation is 1. The Balaban J connectivity index is 2.78. The van der Waals surface area contributed by atoms with Gasteiger partial charge in [-0.25, -0.2) is 4.79 Å². The van der Waals surface area contributed by atoms with Crippen LogP contribution in [0.3, 0.4) is 0 Å². The maximum Gasteiger partial charge on any atom is 0.328 e. The quantitative estimate of drug-likeness (QED) is 0.837. The van der Waals surface area contributed by atoms with Gasteiger partial charge in [-0.05, 0) is 29.9 Å². The van der Waals surface area contributed by atoms with Gasteiger partial charge in [0.2, 0.25) is 0 Å². The van der Waals surface area contributed by atoms with E-state index in [9.17, 15) is 9.59 Å². The van der Waals surface area contributed by atoms with E-state index in [0.29, 0.717) is 4.88 Å². The van der Waals surface area contributed by atoms with E-state index in [1.807, 2.05) is 32.2 Å². The molecule has 0 bridgehead atoms. The van der Waals surface area contributed by atoms with Gasteiger partial charge in [0.15, 0.2) is 0 Å². The van der Waals surface area contributed by atoms with Crippen LogP contribution in [-0.2, 0) is 9.53 Å². The Labute approximate surface area is 105 Å². The largest absolute Gasteiger partial charge is 0.467 e. The van der Waals surface area contributed by atoms with Crippen LogP contribution in [0.25, 0.3) is 0 Å². The van der Waals surface area contributed by atoms with Crippen LogP contribution in [0.15, 0.2) is 11.4 Å². The summed E-state index contributed by atoms with van der Waals surface area (Å²) in [4.78, 5) is 24.1. The molecular formula is C12H17NO3S. The van der Waals surface area contributed by atoms with Crippen molar-refractivity contribution < 1.29 is 14.3 Å². The summed E-state index contributed by atoms with van der Waals surface area (Å²) in [5.74, 6) is -0.643. The van der Waals surface area contributed by atoms with Crippen molar-refractivity contribution in [2.24, 2.45) is 5.92 Å². The molecule has 94 valence electrons. The molecule has 0 saturated carbocycles. The second-order valence-corrected chi connectivity index (χ2v) is 5.07. The second-order valence-electron chi connectivity index (χ2n) is 4.15. The van der Waals surface area contributed by atoms with Crippen molar-refractivity contribution in [3.05, 3.63) is 21.9 Å². The zero-order chi connectivity index (χ0) is 13.0. The van der Waals surface area contributed by atoms with Crippen LogP contribution in [0.5, 0.6) is 0 Å². The molecule has 0 spiro atoms. The summed E-state index contributed by atoms with van der Waals surface area (Å²) >= 11 is 1.37. The highest BCUT2D eigenvalue weighted by molar-refractivity contribution is 7.12. The molecule has 4 nitrogen and oxygen atoms in total. The lowest BCUT2D eigenvalue weighted by molar-refractivity contribution is -0.144. The Morgan fingerprint density at radius 2 is 2.06 bits per heavy atom. The number of hydrogen-bond acceptors (Lipinski definition) is 4. The minimum absolute atomic E-state index is 0.00771. The Kier molecular flexibility index (Phi) is 4.69. The number of nitrogens with one attached hydrogen (secondary N) is 1. The molecule has 0 aliphatic carbocycles. The van der Waals surface area contributed by atoms with Gasteiger partial charge in [0.05, 0.1) is 12.0 Å². The molecule has 1 unspecified atom stereocenters. The van der Waals surface area contributed by atoms with Crippen LogP contribution < -0.4 is 5.32 Å². The van der Waals surface area contributed by atoms with Gasteiger partial charge in [-0.1, -0.05) is 13.8 Å². The summed E-state index contributed by atoms with van der Waals surface area (Å²) in [6.45, 7) is 5.60. The molecule has 1 rings (SSSR count). The molecule has 0 aromatic carbocycles. The van der Waals surface area contributed by atoms with Gasteiger partial charge in [-0.3, -0.25) is 4.79 Å². The molecule has 17 heavy (non-hydrogen) atoms. The number of thiophene rings is 1. The predicted molar refractivity (Wildman–Crippen MR) is 67.2 cm³/mol. The first-order chi connectivity index (χ1) is 7.97. The standard InChI is InChI=1S/C12H17NO3S/c1-7(2)9(12(15)16-4)13-11(14)10-8(3)5-6-17-10/h5-7,9H,1-4H3,(H,13,14). The molecular weight excluding hydrogens is 238 g/mol. The molecule has 0 saturated heterocycles. The van der Waals surface area contributed by atoms with E-state index in [1.54, 1.807) is 0 Å². The van der Waals surface area contributed by atoms with E-state index in [4.69, 9.17) is 0 Å². The van der Waals surface area contributed by atoms with Crippen molar-refractivity contribution in [1.29, 1.82) is 0 Å². The summed E-state index contributed by atoms with van der Waals surface area (Å²) in [6.07, 6.45) is 0. The van der Waals surface area contributed by atoms with Gasteiger partial charge in [0, 0.05) is 0 Å². The Morgan fingerprint density at radius 1 is 1.41 bits per heavy atom. The third-order valence-electron chi connectivity index (χ3n) is 2.48. The molecule has 0 fully saturated rings. The molecule has 1 aromatic heterocycles. The fourth-order valence-electron chi connectivity index (χ4n) is 1.44. The van der Waals surface area contributed by atoms with Crippen molar-refractivity contribution in [3.8, 4) is 0 Å². The zero-order valence-electron chi connectivity index (χ0n) is 10.4. The van der Waals surface area contributed by atoms with Crippen LogP contribution in [-0.4, -0.2) is 25.0 Å². The molecule has 1 heterocycles. The highest BCUT2D eigenvalue weighted by atomic mass is 32.1. The first kappa shape index (κ1) is 13.7. The van der Waals surface area contributed by atoms with Crippen molar-refractivity contribution >= 4 is 23.2 Å². The average Bonchev–Trinajstić information content (AvgIpc) is 2.70. The third kappa shape index (κ3) is 3.30. The lowest BCUT2D eigenvalue weighted by Gasteiger charge is -2.19. The molecule has 1 amide bonds. The Hall–Kier alpha value is -1.36. The van der Waals surface area contributed by atoms with Crippen LogP contribution in [0.2, 0.25) is 0 Å². The molecule has 1 atom stereocenters. The van der Waals surface area contributed by atoms with E-state index in [-0.39, 0.29) is 11.8 Å².